The summed E-state index contributed by atoms with van der Waals surface area (Å²) >= 11 is 0. The fourth-order valence-electron chi connectivity index (χ4n) is 1.84. The fourth-order valence-corrected chi connectivity index (χ4v) is 1.84. The molecule has 0 radical (unpaired) electrons. The molecule has 1 unspecified atom stereocenters. The van der Waals surface area contributed by atoms with Crippen LogP contribution in [0.1, 0.15) is 32.3 Å². The van der Waals surface area contributed by atoms with Gasteiger partial charge in [0.1, 0.15) is 0 Å². The van der Waals surface area contributed by atoms with Crippen LogP contribution in [0, 0.1) is 0 Å². The van der Waals surface area contributed by atoms with Gasteiger partial charge in [0.25, 0.3) is 0 Å². The molecule has 0 saturated carbocycles. The van der Waals surface area contributed by atoms with E-state index in [0.29, 0.717) is 6.04 Å². The maximum absolute atomic E-state index is 5.63. The molecule has 1 aromatic rings. The minimum absolute atomic E-state index is 0.564. The van der Waals surface area contributed by atoms with E-state index in [2.05, 4.69) is 49.5 Å². The molecular formula is C15H25NO. The summed E-state index contributed by atoms with van der Waals surface area (Å²) in [5, 5.41) is 3.38. The maximum atomic E-state index is 5.63. The number of hydrogen-bond donors (Lipinski definition) is 1. The van der Waals surface area contributed by atoms with Crippen LogP contribution in [-0.4, -0.2) is 25.8 Å². The smallest absolute Gasteiger partial charge is 0.0480 e. The van der Waals surface area contributed by atoms with Gasteiger partial charge in [0.05, 0.1) is 0 Å². The van der Waals surface area contributed by atoms with Crippen molar-refractivity contribution in [1.29, 1.82) is 0 Å². The molecule has 0 aliphatic carbocycles. The molecule has 1 aromatic carbocycles. The maximum Gasteiger partial charge on any atom is 0.0480 e. The van der Waals surface area contributed by atoms with Gasteiger partial charge in [0.2, 0.25) is 0 Å². The molecule has 1 rings (SSSR count). The van der Waals surface area contributed by atoms with Gasteiger partial charge in [-0.2, -0.15) is 0 Å². The van der Waals surface area contributed by atoms with Gasteiger partial charge in [0.15, 0.2) is 0 Å². The van der Waals surface area contributed by atoms with E-state index in [-0.39, 0.29) is 0 Å². The molecule has 1 N–H and O–H groups in total. The van der Waals surface area contributed by atoms with Gasteiger partial charge in [-0.05, 0) is 38.3 Å². The lowest BCUT2D eigenvalue weighted by Gasteiger charge is -2.12. The van der Waals surface area contributed by atoms with E-state index in [1.54, 1.807) is 0 Å². The van der Waals surface area contributed by atoms with Crippen LogP contribution >= 0.6 is 0 Å². The normalized spacial score (nSPS) is 12.6. The number of hydrogen-bond acceptors (Lipinski definition) is 2. The van der Waals surface area contributed by atoms with Crippen molar-refractivity contribution in [2.45, 2.75) is 39.2 Å². The first-order valence-electron chi connectivity index (χ1n) is 6.68. The Morgan fingerprint density at radius 3 is 2.65 bits per heavy atom. The Morgan fingerprint density at radius 1 is 1.18 bits per heavy atom. The Hall–Kier alpha value is -0.860. The van der Waals surface area contributed by atoms with Crippen LogP contribution < -0.4 is 5.32 Å². The lowest BCUT2D eigenvalue weighted by molar-refractivity contribution is 0.123. The zero-order chi connectivity index (χ0) is 12.3. The second-order valence-electron chi connectivity index (χ2n) is 4.45. The van der Waals surface area contributed by atoms with Gasteiger partial charge in [-0.3, -0.25) is 0 Å². The number of nitrogens with one attached hydrogen (secondary N) is 1. The van der Waals surface area contributed by atoms with Crippen LogP contribution in [0.25, 0.3) is 0 Å². The highest BCUT2D eigenvalue weighted by Crippen LogP contribution is 2.02. The van der Waals surface area contributed by atoms with Crippen molar-refractivity contribution in [3.8, 4) is 0 Å². The van der Waals surface area contributed by atoms with Crippen LogP contribution in [0.5, 0.6) is 0 Å². The van der Waals surface area contributed by atoms with Gasteiger partial charge in [-0.1, -0.05) is 37.3 Å². The van der Waals surface area contributed by atoms with Gasteiger partial charge in [-0.15, -0.1) is 0 Å². The third-order valence-corrected chi connectivity index (χ3v) is 2.84. The number of ether oxygens (including phenoxy) is 1. The Bertz CT molecular complexity index is 274. The zero-order valence-corrected chi connectivity index (χ0v) is 11.1. The van der Waals surface area contributed by atoms with Gasteiger partial charge >= 0.3 is 0 Å². The summed E-state index contributed by atoms with van der Waals surface area (Å²) in [6, 6.07) is 11.2. The Morgan fingerprint density at radius 2 is 1.94 bits per heavy atom. The van der Waals surface area contributed by atoms with E-state index < -0.39 is 0 Å². The molecular weight excluding hydrogens is 210 g/mol. The van der Waals surface area contributed by atoms with E-state index in [1.165, 1.54) is 5.56 Å². The first-order valence-corrected chi connectivity index (χ1v) is 6.68. The van der Waals surface area contributed by atoms with Crippen molar-refractivity contribution in [3.05, 3.63) is 35.9 Å². The van der Waals surface area contributed by atoms with Crippen molar-refractivity contribution in [2.24, 2.45) is 0 Å². The molecule has 2 heteroatoms. The minimum atomic E-state index is 0.564. The van der Waals surface area contributed by atoms with E-state index >= 15 is 0 Å². The van der Waals surface area contributed by atoms with Gasteiger partial charge < -0.3 is 10.1 Å². The van der Waals surface area contributed by atoms with Crippen molar-refractivity contribution in [1.82, 2.24) is 5.32 Å². The summed E-state index contributed by atoms with van der Waals surface area (Å²) in [4.78, 5) is 0. The van der Waals surface area contributed by atoms with Gasteiger partial charge in [-0.25, -0.2) is 0 Å². The molecule has 0 fully saturated rings. The predicted octanol–water partition coefficient (Wildman–Crippen LogP) is 3.02. The summed E-state index contributed by atoms with van der Waals surface area (Å²) in [6.45, 7) is 7.11. The molecule has 0 aliphatic heterocycles. The molecule has 2 nitrogen and oxygen atoms in total. The molecule has 17 heavy (non-hydrogen) atoms. The summed E-state index contributed by atoms with van der Waals surface area (Å²) in [5.41, 5.74) is 1.40. The first kappa shape index (κ1) is 14.2. The Balaban J connectivity index is 1.95. The molecule has 0 amide bonds. The van der Waals surface area contributed by atoms with Crippen molar-refractivity contribution in [3.63, 3.8) is 0 Å². The summed E-state index contributed by atoms with van der Waals surface area (Å²) in [5.74, 6) is 0. The van der Waals surface area contributed by atoms with Crippen LogP contribution in [0.2, 0.25) is 0 Å². The van der Waals surface area contributed by atoms with Crippen LogP contribution in [0.15, 0.2) is 30.3 Å². The molecule has 1 atom stereocenters. The first-order chi connectivity index (χ1) is 8.33. The highest BCUT2D eigenvalue weighted by Gasteiger charge is 1.99. The second kappa shape index (κ2) is 9.20. The van der Waals surface area contributed by atoms with Crippen molar-refractivity contribution in [2.75, 3.05) is 19.8 Å². The van der Waals surface area contributed by atoms with Crippen LogP contribution in [0.4, 0.5) is 0 Å². The third-order valence-electron chi connectivity index (χ3n) is 2.84. The number of rotatable bonds is 9. The van der Waals surface area contributed by atoms with E-state index in [4.69, 9.17) is 4.74 Å². The Labute approximate surface area is 105 Å². The van der Waals surface area contributed by atoms with Crippen LogP contribution in [0.3, 0.4) is 0 Å². The highest BCUT2D eigenvalue weighted by molar-refractivity contribution is 5.14. The molecule has 0 heterocycles. The quantitative estimate of drug-likeness (QED) is 0.664. The average Bonchev–Trinajstić information content (AvgIpc) is 2.35. The monoisotopic (exact) mass is 235 g/mol. The molecule has 0 spiro atoms. The van der Waals surface area contributed by atoms with Gasteiger partial charge in [0, 0.05) is 19.3 Å². The number of benzene rings is 1. The second-order valence-corrected chi connectivity index (χ2v) is 4.45. The minimum Gasteiger partial charge on any atom is -0.381 e. The summed E-state index contributed by atoms with van der Waals surface area (Å²) in [7, 11) is 0. The molecule has 96 valence electrons. The lowest BCUT2D eigenvalue weighted by Crippen LogP contribution is -2.26. The van der Waals surface area contributed by atoms with E-state index in [9.17, 15) is 0 Å². The highest BCUT2D eigenvalue weighted by atomic mass is 16.5. The lowest BCUT2D eigenvalue weighted by atomic mass is 10.1. The Kier molecular flexibility index (Phi) is 7.69. The largest absolute Gasteiger partial charge is 0.381 e. The summed E-state index contributed by atoms with van der Waals surface area (Å²) in [6.07, 6.45) is 3.32. The predicted molar refractivity (Wildman–Crippen MR) is 73.3 cm³/mol. The fraction of sp³-hybridized carbons (Fsp3) is 0.600. The van der Waals surface area contributed by atoms with Crippen LogP contribution in [-0.2, 0) is 11.2 Å². The van der Waals surface area contributed by atoms with Crippen molar-refractivity contribution >= 4 is 0 Å². The topological polar surface area (TPSA) is 21.3 Å². The van der Waals surface area contributed by atoms with Crippen molar-refractivity contribution < 1.29 is 4.74 Å². The van der Waals surface area contributed by atoms with E-state index in [0.717, 1.165) is 39.0 Å². The SMILES string of the molecule is CCNC(C)CCOCCCc1ccccc1. The zero-order valence-electron chi connectivity index (χ0n) is 11.1. The average molecular weight is 235 g/mol. The standard InChI is InChI=1S/C15H25NO/c1-3-16-14(2)11-13-17-12-7-10-15-8-5-4-6-9-15/h4-6,8-9,14,16H,3,7,10-13H2,1-2H3. The summed E-state index contributed by atoms with van der Waals surface area (Å²) < 4.78 is 5.63. The number of aryl methyl sites for hydroxylation is 1. The van der Waals surface area contributed by atoms with E-state index in [1.807, 2.05) is 0 Å². The molecule has 0 saturated heterocycles. The molecule has 0 bridgehead atoms. The molecule has 0 aliphatic rings. The molecule has 0 aromatic heterocycles. The third kappa shape index (κ3) is 7.14.